The maximum Gasteiger partial charge on any atom is 0.0733 e. The Hall–Kier alpha value is -1.35. The van der Waals surface area contributed by atoms with Gasteiger partial charge >= 0.3 is 0 Å². The van der Waals surface area contributed by atoms with Crippen LogP contribution >= 0.6 is 12.4 Å². The van der Waals surface area contributed by atoms with E-state index in [0.29, 0.717) is 0 Å². The van der Waals surface area contributed by atoms with Crippen molar-refractivity contribution in [3.63, 3.8) is 0 Å². The van der Waals surface area contributed by atoms with E-state index >= 15 is 0 Å². The first-order valence-corrected chi connectivity index (χ1v) is 10.4. The van der Waals surface area contributed by atoms with E-state index in [9.17, 15) is 0 Å². The number of aryl methyl sites for hydroxylation is 1. The van der Waals surface area contributed by atoms with Crippen LogP contribution in [0.3, 0.4) is 0 Å². The molecule has 3 aliphatic rings. The Morgan fingerprint density at radius 2 is 1.63 bits per heavy atom. The van der Waals surface area contributed by atoms with E-state index in [0.717, 1.165) is 6.04 Å². The number of halogens is 1. The third kappa shape index (κ3) is 3.12. The molecule has 2 atom stereocenters. The Kier molecular flexibility index (Phi) is 5.33. The van der Waals surface area contributed by atoms with E-state index in [1.54, 1.807) is 11.1 Å². The first-order valence-electron chi connectivity index (χ1n) is 10.4. The number of nitrogens with zero attached hydrogens (tertiary/aromatic N) is 2. The van der Waals surface area contributed by atoms with Gasteiger partial charge in [-0.3, -0.25) is 4.90 Å². The average Bonchev–Trinajstić information content (AvgIpc) is 3.23. The summed E-state index contributed by atoms with van der Waals surface area (Å²) in [4.78, 5) is 5.58. The van der Waals surface area contributed by atoms with Gasteiger partial charge in [-0.2, -0.15) is 0 Å². The van der Waals surface area contributed by atoms with Gasteiger partial charge in [-0.15, -0.1) is 12.4 Å². The normalized spacial score (nSPS) is 28.3. The molecule has 3 aliphatic heterocycles. The zero-order chi connectivity index (χ0) is 17.6. The summed E-state index contributed by atoms with van der Waals surface area (Å²) in [6.45, 7) is 7.22. The molecule has 0 aliphatic carbocycles. The van der Waals surface area contributed by atoms with Crippen LogP contribution in [0.5, 0.6) is 0 Å². The van der Waals surface area contributed by atoms with E-state index < -0.39 is 0 Å². The number of rotatable bonds is 2. The van der Waals surface area contributed by atoms with Gasteiger partial charge in [-0.1, -0.05) is 54.1 Å². The molecule has 0 aromatic heterocycles. The smallest absolute Gasteiger partial charge is 0.0733 e. The second-order valence-corrected chi connectivity index (χ2v) is 8.51. The van der Waals surface area contributed by atoms with E-state index in [-0.39, 0.29) is 17.9 Å². The molecule has 2 unspecified atom stereocenters. The topological polar surface area (TPSA) is 6.48 Å². The fourth-order valence-corrected chi connectivity index (χ4v) is 5.75. The highest BCUT2D eigenvalue weighted by atomic mass is 35.5. The van der Waals surface area contributed by atoms with Crippen LogP contribution in [0.25, 0.3) is 0 Å². The third-order valence-electron chi connectivity index (χ3n) is 7.10. The molecular weight excluding hydrogens is 352 g/mol. The maximum absolute atomic E-state index is 2.80. The van der Waals surface area contributed by atoms with E-state index in [4.69, 9.17) is 0 Å². The van der Waals surface area contributed by atoms with Gasteiger partial charge in [0.1, 0.15) is 0 Å². The summed E-state index contributed by atoms with van der Waals surface area (Å²) in [7, 11) is 0. The van der Waals surface area contributed by atoms with E-state index in [1.165, 1.54) is 69.4 Å². The molecule has 2 saturated heterocycles. The lowest BCUT2D eigenvalue weighted by molar-refractivity contribution is 0.0174. The molecule has 0 bridgehead atoms. The maximum atomic E-state index is 2.80. The highest BCUT2D eigenvalue weighted by Gasteiger charge is 2.48. The quantitative estimate of drug-likeness (QED) is 0.737. The molecule has 2 nitrogen and oxygen atoms in total. The van der Waals surface area contributed by atoms with E-state index in [1.807, 2.05) is 0 Å². The van der Waals surface area contributed by atoms with E-state index in [2.05, 4.69) is 65.3 Å². The molecule has 3 heterocycles. The van der Waals surface area contributed by atoms with Crippen LogP contribution in [0.1, 0.15) is 47.9 Å². The van der Waals surface area contributed by atoms with Crippen molar-refractivity contribution in [2.45, 2.75) is 50.6 Å². The van der Waals surface area contributed by atoms with Gasteiger partial charge in [0.2, 0.25) is 0 Å². The summed E-state index contributed by atoms with van der Waals surface area (Å²) in [6, 6.07) is 19.4. The van der Waals surface area contributed by atoms with Gasteiger partial charge in [0.15, 0.2) is 0 Å². The lowest BCUT2D eigenvalue weighted by atomic mass is 9.69. The number of piperidine rings is 1. The lowest BCUT2D eigenvalue weighted by Gasteiger charge is -2.55. The minimum atomic E-state index is 0. The number of benzene rings is 2. The van der Waals surface area contributed by atoms with Crippen molar-refractivity contribution < 1.29 is 0 Å². The summed E-state index contributed by atoms with van der Waals surface area (Å²) in [5.74, 6) is 0. The summed E-state index contributed by atoms with van der Waals surface area (Å²) in [6.07, 6.45) is 6.53. The highest BCUT2D eigenvalue weighted by Crippen LogP contribution is 2.48. The predicted molar refractivity (Wildman–Crippen MR) is 115 cm³/mol. The van der Waals surface area contributed by atoms with Crippen molar-refractivity contribution in [3.05, 3.63) is 70.8 Å². The molecule has 3 heteroatoms. The van der Waals surface area contributed by atoms with Crippen molar-refractivity contribution in [2.75, 3.05) is 26.2 Å². The minimum Gasteiger partial charge on any atom is -0.300 e. The monoisotopic (exact) mass is 382 g/mol. The molecule has 27 heavy (non-hydrogen) atoms. The van der Waals surface area contributed by atoms with Gasteiger partial charge in [-0.05, 0) is 68.8 Å². The first-order chi connectivity index (χ1) is 12.8. The molecule has 5 rings (SSSR count). The summed E-state index contributed by atoms with van der Waals surface area (Å²) in [5.41, 5.74) is 6.05. The predicted octanol–water partition coefficient (Wildman–Crippen LogP) is 4.78. The molecule has 2 aromatic carbocycles. The largest absolute Gasteiger partial charge is 0.300 e. The fourth-order valence-electron chi connectivity index (χ4n) is 5.75. The summed E-state index contributed by atoms with van der Waals surface area (Å²) in [5, 5.41) is 0. The number of likely N-dealkylation sites (tertiary alicyclic amines) is 1. The molecule has 0 N–H and O–H groups in total. The van der Waals surface area contributed by atoms with Crippen molar-refractivity contribution in [3.8, 4) is 0 Å². The lowest BCUT2D eigenvalue weighted by Crippen LogP contribution is -2.59. The SMILES string of the molecule is Cc1ccc(C23CC(N4CCCC4)CCN2CCc2ccccc23)cc1.Cl. The van der Waals surface area contributed by atoms with Gasteiger partial charge in [0.25, 0.3) is 0 Å². The standard InChI is InChI=1S/C24H30N2.ClH/c1-19-8-10-21(11-9-19)24-18-22(25-14-4-5-15-25)13-17-26(24)16-12-20-6-2-3-7-23(20)24;/h2-3,6-11,22H,4-5,12-18H2,1H3;1H. The number of fused-ring (bicyclic) bond motifs is 3. The van der Waals surface area contributed by atoms with Crippen molar-refractivity contribution in [2.24, 2.45) is 0 Å². The average molecular weight is 383 g/mol. The second kappa shape index (κ2) is 7.58. The van der Waals surface area contributed by atoms with Crippen LogP contribution in [-0.2, 0) is 12.0 Å². The Bertz CT molecular complexity index is 781. The fraction of sp³-hybridized carbons (Fsp3) is 0.500. The van der Waals surface area contributed by atoms with Gasteiger partial charge in [0.05, 0.1) is 5.54 Å². The Labute approximate surface area is 170 Å². The molecule has 0 radical (unpaired) electrons. The molecule has 0 amide bonds. The van der Waals surface area contributed by atoms with Crippen LogP contribution in [0.4, 0.5) is 0 Å². The van der Waals surface area contributed by atoms with Crippen LogP contribution in [-0.4, -0.2) is 42.0 Å². The van der Waals surface area contributed by atoms with Gasteiger partial charge < -0.3 is 4.90 Å². The molecule has 0 saturated carbocycles. The van der Waals surface area contributed by atoms with Crippen LogP contribution in [0, 0.1) is 6.92 Å². The molecule has 0 spiro atoms. The molecule has 2 aromatic rings. The Morgan fingerprint density at radius 1 is 0.889 bits per heavy atom. The minimum absolute atomic E-state index is 0. The van der Waals surface area contributed by atoms with Crippen molar-refractivity contribution in [1.29, 1.82) is 0 Å². The van der Waals surface area contributed by atoms with Crippen LogP contribution < -0.4 is 0 Å². The highest BCUT2D eigenvalue weighted by molar-refractivity contribution is 5.85. The number of hydrogen-bond acceptors (Lipinski definition) is 2. The zero-order valence-corrected chi connectivity index (χ0v) is 17.2. The van der Waals surface area contributed by atoms with Crippen LogP contribution in [0.2, 0.25) is 0 Å². The summed E-state index contributed by atoms with van der Waals surface area (Å²) < 4.78 is 0. The third-order valence-corrected chi connectivity index (χ3v) is 7.10. The van der Waals surface area contributed by atoms with Crippen LogP contribution in [0.15, 0.2) is 48.5 Å². The molecule has 144 valence electrons. The first kappa shape index (κ1) is 19.0. The van der Waals surface area contributed by atoms with Crippen molar-refractivity contribution >= 4 is 12.4 Å². The summed E-state index contributed by atoms with van der Waals surface area (Å²) >= 11 is 0. The zero-order valence-electron chi connectivity index (χ0n) is 16.4. The second-order valence-electron chi connectivity index (χ2n) is 8.51. The van der Waals surface area contributed by atoms with Gasteiger partial charge in [0, 0.05) is 19.1 Å². The number of hydrogen-bond donors (Lipinski definition) is 0. The van der Waals surface area contributed by atoms with Gasteiger partial charge in [-0.25, -0.2) is 0 Å². The van der Waals surface area contributed by atoms with Crippen molar-refractivity contribution in [1.82, 2.24) is 9.80 Å². The molecular formula is C24H31ClN2. The molecule has 2 fully saturated rings. The Balaban J connectivity index is 0.00000180. The Morgan fingerprint density at radius 3 is 2.41 bits per heavy atom.